The fraction of sp³-hybridized carbons (Fsp3) is 0.200. The highest BCUT2D eigenvalue weighted by Crippen LogP contribution is 2.31. The van der Waals surface area contributed by atoms with Crippen LogP contribution >= 0.6 is 11.3 Å². The van der Waals surface area contributed by atoms with Gasteiger partial charge in [-0.15, -0.1) is 11.3 Å². The summed E-state index contributed by atoms with van der Waals surface area (Å²) in [5.41, 5.74) is 7.67. The van der Waals surface area contributed by atoms with E-state index in [1.165, 1.54) is 15.0 Å². The first kappa shape index (κ1) is 8.38. The van der Waals surface area contributed by atoms with Crippen LogP contribution in [0, 0.1) is 6.92 Å². The van der Waals surface area contributed by atoms with Crippen molar-refractivity contribution in [3.8, 4) is 0 Å². The lowest BCUT2D eigenvalue weighted by Gasteiger charge is -2.03. The summed E-state index contributed by atoms with van der Waals surface area (Å²) in [5.74, 6) is 0. The van der Waals surface area contributed by atoms with Gasteiger partial charge in [0.1, 0.15) is 0 Å². The van der Waals surface area contributed by atoms with E-state index in [-0.39, 0.29) is 0 Å². The Bertz CT molecular complexity index is 445. The van der Waals surface area contributed by atoms with Crippen molar-refractivity contribution in [2.45, 2.75) is 6.92 Å². The van der Waals surface area contributed by atoms with Gasteiger partial charge >= 0.3 is 0 Å². The molecule has 2 aromatic rings. The van der Waals surface area contributed by atoms with E-state index >= 15 is 0 Å². The topological polar surface area (TPSA) is 38.0 Å². The van der Waals surface area contributed by atoms with Gasteiger partial charge in [0.05, 0.1) is 11.4 Å². The van der Waals surface area contributed by atoms with Crippen LogP contribution < -0.4 is 11.1 Å². The molecule has 3 N–H and O–H groups in total. The van der Waals surface area contributed by atoms with Gasteiger partial charge in [-0.1, -0.05) is 0 Å². The molecular formula is C10H12N2S. The van der Waals surface area contributed by atoms with Crippen LogP contribution in [0.5, 0.6) is 0 Å². The molecule has 0 aliphatic carbocycles. The van der Waals surface area contributed by atoms with Gasteiger partial charge in [0.25, 0.3) is 0 Å². The average molecular weight is 192 g/mol. The molecule has 0 atom stereocenters. The summed E-state index contributed by atoms with van der Waals surface area (Å²) >= 11 is 1.79. The summed E-state index contributed by atoms with van der Waals surface area (Å²) in [7, 11) is 1.89. The molecule has 0 spiro atoms. The highest BCUT2D eigenvalue weighted by molar-refractivity contribution is 7.19. The molecule has 1 heterocycles. The average Bonchev–Trinajstić information content (AvgIpc) is 2.42. The third-order valence-electron chi connectivity index (χ3n) is 2.08. The lowest BCUT2D eigenvalue weighted by molar-refractivity contribution is 1.54. The largest absolute Gasteiger partial charge is 0.397 e. The van der Waals surface area contributed by atoms with Crippen LogP contribution in [0.1, 0.15) is 4.88 Å². The van der Waals surface area contributed by atoms with Crippen molar-refractivity contribution in [3.63, 3.8) is 0 Å². The minimum atomic E-state index is 0.813. The van der Waals surface area contributed by atoms with Crippen molar-refractivity contribution in [2.24, 2.45) is 0 Å². The maximum Gasteiger partial charge on any atom is 0.0585 e. The second kappa shape index (κ2) is 2.92. The third kappa shape index (κ3) is 1.35. The fourth-order valence-corrected chi connectivity index (χ4v) is 2.40. The first-order chi connectivity index (χ1) is 6.20. The van der Waals surface area contributed by atoms with E-state index in [0.29, 0.717) is 0 Å². The standard InChI is InChI=1S/C10H12N2S/c1-6-3-7-4-8(11)9(12-2)5-10(7)13-6/h3-5,12H,11H2,1-2H3. The Morgan fingerprint density at radius 3 is 2.77 bits per heavy atom. The molecule has 0 fully saturated rings. The molecule has 0 saturated carbocycles. The molecule has 0 amide bonds. The lowest BCUT2D eigenvalue weighted by Crippen LogP contribution is -1.94. The van der Waals surface area contributed by atoms with Gasteiger partial charge in [-0.05, 0) is 30.5 Å². The molecule has 13 heavy (non-hydrogen) atoms. The third-order valence-corrected chi connectivity index (χ3v) is 3.09. The predicted molar refractivity (Wildman–Crippen MR) is 60.5 cm³/mol. The molecule has 3 heteroatoms. The second-order valence-corrected chi connectivity index (χ2v) is 4.37. The normalized spacial score (nSPS) is 10.6. The molecule has 68 valence electrons. The number of aryl methyl sites for hydroxylation is 1. The van der Waals surface area contributed by atoms with Crippen LogP contribution in [0.3, 0.4) is 0 Å². The Morgan fingerprint density at radius 2 is 2.08 bits per heavy atom. The number of benzene rings is 1. The zero-order valence-corrected chi connectivity index (χ0v) is 8.53. The van der Waals surface area contributed by atoms with Crippen LogP contribution in [-0.4, -0.2) is 7.05 Å². The van der Waals surface area contributed by atoms with Gasteiger partial charge in [-0.25, -0.2) is 0 Å². The maximum absolute atomic E-state index is 5.85. The summed E-state index contributed by atoms with van der Waals surface area (Å²) < 4.78 is 1.29. The van der Waals surface area contributed by atoms with Crippen molar-refractivity contribution in [2.75, 3.05) is 18.1 Å². The monoisotopic (exact) mass is 192 g/mol. The molecule has 0 saturated heterocycles. The molecule has 0 aliphatic rings. The molecule has 0 unspecified atom stereocenters. The Labute approximate surface area is 81.4 Å². The smallest absolute Gasteiger partial charge is 0.0585 e. The van der Waals surface area contributed by atoms with Crippen LogP contribution in [-0.2, 0) is 0 Å². The number of anilines is 2. The number of hydrogen-bond acceptors (Lipinski definition) is 3. The van der Waals surface area contributed by atoms with Crippen LogP contribution in [0.2, 0.25) is 0 Å². The van der Waals surface area contributed by atoms with Gasteiger partial charge in [0.2, 0.25) is 0 Å². The molecule has 0 radical (unpaired) electrons. The zero-order chi connectivity index (χ0) is 9.42. The maximum atomic E-state index is 5.85. The first-order valence-electron chi connectivity index (χ1n) is 4.18. The van der Waals surface area contributed by atoms with E-state index in [4.69, 9.17) is 5.73 Å². The van der Waals surface area contributed by atoms with Gasteiger partial charge < -0.3 is 11.1 Å². The van der Waals surface area contributed by atoms with Crippen molar-refractivity contribution in [1.29, 1.82) is 0 Å². The van der Waals surface area contributed by atoms with Crippen LogP contribution in [0.4, 0.5) is 11.4 Å². The summed E-state index contributed by atoms with van der Waals surface area (Å²) in [4.78, 5) is 1.32. The number of fused-ring (bicyclic) bond motifs is 1. The molecule has 1 aromatic heterocycles. The summed E-state index contributed by atoms with van der Waals surface area (Å²) in [6, 6.07) is 6.28. The highest BCUT2D eigenvalue weighted by atomic mass is 32.1. The lowest BCUT2D eigenvalue weighted by atomic mass is 10.2. The first-order valence-corrected chi connectivity index (χ1v) is 5.00. The number of hydrogen-bond donors (Lipinski definition) is 2. The molecule has 0 bridgehead atoms. The van der Waals surface area contributed by atoms with Crippen molar-refractivity contribution in [1.82, 2.24) is 0 Å². The molecule has 2 nitrogen and oxygen atoms in total. The number of nitrogen functional groups attached to an aromatic ring is 1. The summed E-state index contributed by atoms with van der Waals surface area (Å²) in [6.07, 6.45) is 0. The highest BCUT2D eigenvalue weighted by Gasteiger charge is 2.02. The number of rotatable bonds is 1. The van der Waals surface area contributed by atoms with Gasteiger partial charge in [0.15, 0.2) is 0 Å². The minimum Gasteiger partial charge on any atom is -0.397 e. The number of thiophene rings is 1. The molecule has 2 rings (SSSR count). The van der Waals surface area contributed by atoms with Crippen LogP contribution in [0.25, 0.3) is 10.1 Å². The Hall–Kier alpha value is -1.22. The quantitative estimate of drug-likeness (QED) is 0.682. The summed E-state index contributed by atoms with van der Waals surface area (Å²) in [6.45, 7) is 2.11. The Kier molecular flexibility index (Phi) is 1.88. The van der Waals surface area contributed by atoms with Crippen LogP contribution in [0.15, 0.2) is 18.2 Å². The molecule has 0 aliphatic heterocycles. The van der Waals surface area contributed by atoms with Crippen molar-refractivity contribution in [3.05, 3.63) is 23.1 Å². The van der Waals surface area contributed by atoms with E-state index in [1.807, 2.05) is 13.1 Å². The number of nitrogens with two attached hydrogens (primary N) is 1. The molecular weight excluding hydrogens is 180 g/mol. The summed E-state index contributed by atoms with van der Waals surface area (Å²) in [5, 5.41) is 4.31. The molecule has 1 aromatic carbocycles. The van der Waals surface area contributed by atoms with E-state index in [2.05, 4.69) is 24.4 Å². The second-order valence-electron chi connectivity index (χ2n) is 3.08. The Morgan fingerprint density at radius 1 is 1.31 bits per heavy atom. The van der Waals surface area contributed by atoms with Crippen molar-refractivity contribution >= 4 is 32.8 Å². The van der Waals surface area contributed by atoms with Crippen molar-refractivity contribution < 1.29 is 0 Å². The SMILES string of the molecule is CNc1cc2sc(C)cc2cc1N. The minimum absolute atomic E-state index is 0.813. The van der Waals surface area contributed by atoms with Gasteiger partial charge in [0, 0.05) is 16.6 Å². The number of nitrogens with one attached hydrogen (secondary N) is 1. The van der Waals surface area contributed by atoms with E-state index in [0.717, 1.165) is 11.4 Å². The zero-order valence-electron chi connectivity index (χ0n) is 7.72. The fourth-order valence-electron chi connectivity index (χ4n) is 1.45. The Balaban J connectivity index is 2.72. The predicted octanol–water partition coefficient (Wildman–Crippen LogP) is 2.83. The van der Waals surface area contributed by atoms with E-state index < -0.39 is 0 Å². The van der Waals surface area contributed by atoms with E-state index in [1.54, 1.807) is 11.3 Å². The van der Waals surface area contributed by atoms with Gasteiger partial charge in [-0.2, -0.15) is 0 Å². The van der Waals surface area contributed by atoms with E-state index in [9.17, 15) is 0 Å². The van der Waals surface area contributed by atoms with Gasteiger partial charge in [-0.3, -0.25) is 0 Å².